The van der Waals surface area contributed by atoms with Crippen LogP contribution >= 0.6 is 11.6 Å². The average Bonchev–Trinajstić information content (AvgIpc) is 2.45. The van der Waals surface area contributed by atoms with Crippen LogP contribution in [0.1, 0.15) is 30.9 Å². The summed E-state index contributed by atoms with van der Waals surface area (Å²) in [5, 5.41) is 1.78. The van der Waals surface area contributed by atoms with Gasteiger partial charge in [0.15, 0.2) is 9.84 Å². The largest absolute Gasteiger partial charge is 0.295 e. The molecule has 3 nitrogen and oxygen atoms in total. The molecule has 0 saturated carbocycles. The lowest BCUT2D eigenvalue weighted by Crippen LogP contribution is -2.36. The lowest BCUT2D eigenvalue weighted by molar-refractivity contribution is 0.158. The van der Waals surface area contributed by atoms with Crippen LogP contribution in [-0.2, 0) is 9.84 Å². The van der Waals surface area contributed by atoms with Crippen LogP contribution in [0.3, 0.4) is 0 Å². The fraction of sp³-hybridized carbons (Fsp3) is 0.467. The number of sulfone groups is 1. The second-order valence-electron chi connectivity index (χ2n) is 5.14. The Labute approximate surface area is 126 Å². The molecule has 2 rings (SSSR count). The third-order valence-electron chi connectivity index (χ3n) is 3.76. The Bertz CT molecular complexity index is 571. The van der Waals surface area contributed by atoms with Crippen LogP contribution in [0.25, 0.3) is 0 Å². The lowest BCUT2D eigenvalue weighted by Gasteiger charge is -2.36. The minimum atomic E-state index is -3.14. The van der Waals surface area contributed by atoms with Crippen LogP contribution in [0.5, 0.6) is 0 Å². The van der Waals surface area contributed by atoms with Gasteiger partial charge in [-0.05, 0) is 37.1 Å². The van der Waals surface area contributed by atoms with Crippen LogP contribution in [0, 0.1) is 0 Å². The zero-order chi connectivity index (χ0) is 14.6. The Kier molecular flexibility index (Phi) is 5.24. The molecule has 1 aromatic carbocycles. The molecule has 0 aromatic heterocycles. The Balaban J connectivity index is 2.11. The van der Waals surface area contributed by atoms with Crippen molar-refractivity contribution in [3.63, 3.8) is 0 Å². The van der Waals surface area contributed by atoms with Crippen LogP contribution in [0.4, 0.5) is 0 Å². The van der Waals surface area contributed by atoms with Crippen molar-refractivity contribution in [3.8, 4) is 0 Å². The molecular formula is C15H20ClNO2S. The van der Waals surface area contributed by atoms with E-state index in [1.54, 1.807) is 0 Å². The van der Waals surface area contributed by atoms with Gasteiger partial charge in [0.2, 0.25) is 0 Å². The number of benzene rings is 1. The predicted octanol–water partition coefficient (Wildman–Crippen LogP) is 3.43. The maximum Gasteiger partial charge on any atom is 0.172 e. The van der Waals surface area contributed by atoms with Crippen molar-refractivity contribution in [1.29, 1.82) is 0 Å². The number of hydrogen-bond donors (Lipinski definition) is 0. The molecule has 1 heterocycles. The molecule has 1 aromatic rings. The van der Waals surface area contributed by atoms with Crippen LogP contribution in [0.2, 0.25) is 5.02 Å². The Morgan fingerprint density at radius 2 is 2.20 bits per heavy atom. The predicted molar refractivity (Wildman–Crippen MR) is 83.6 cm³/mol. The van der Waals surface area contributed by atoms with Gasteiger partial charge >= 0.3 is 0 Å². The summed E-state index contributed by atoms with van der Waals surface area (Å²) in [6, 6.07) is 8.12. The third kappa shape index (κ3) is 4.08. The normalized spacial score (nSPS) is 20.8. The van der Waals surface area contributed by atoms with Crippen molar-refractivity contribution in [1.82, 2.24) is 4.90 Å². The summed E-state index contributed by atoms with van der Waals surface area (Å²) in [5.74, 6) is 0.133. The van der Waals surface area contributed by atoms with Gasteiger partial charge in [-0.25, -0.2) is 8.42 Å². The molecule has 20 heavy (non-hydrogen) atoms. The highest BCUT2D eigenvalue weighted by Gasteiger charge is 2.24. The lowest BCUT2D eigenvalue weighted by atomic mass is 9.95. The van der Waals surface area contributed by atoms with Crippen molar-refractivity contribution in [3.05, 3.63) is 46.8 Å². The number of nitrogens with zero attached hydrogens (tertiary/aromatic N) is 1. The molecule has 0 N–H and O–H groups in total. The second-order valence-corrected chi connectivity index (χ2v) is 7.64. The molecule has 1 unspecified atom stereocenters. The highest BCUT2D eigenvalue weighted by molar-refractivity contribution is 7.94. The average molecular weight is 314 g/mol. The summed E-state index contributed by atoms with van der Waals surface area (Å²) < 4.78 is 23.1. The van der Waals surface area contributed by atoms with E-state index < -0.39 is 9.84 Å². The highest BCUT2D eigenvalue weighted by atomic mass is 35.5. The number of hydrogen-bond acceptors (Lipinski definition) is 3. The number of likely N-dealkylation sites (tertiary alicyclic amines) is 1. The number of halogens is 1. The smallest absolute Gasteiger partial charge is 0.172 e. The van der Waals surface area contributed by atoms with E-state index in [0.29, 0.717) is 6.54 Å². The van der Waals surface area contributed by atoms with Crippen LogP contribution in [-0.4, -0.2) is 32.2 Å². The number of piperidine rings is 1. The van der Waals surface area contributed by atoms with E-state index in [-0.39, 0.29) is 11.8 Å². The zero-order valence-electron chi connectivity index (χ0n) is 11.5. The number of rotatable bonds is 5. The quantitative estimate of drug-likeness (QED) is 0.836. The van der Waals surface area contributed by atoms with E-state index in [4.69, 9.17) is 11.6 Å². The van der Waals surface area contributed by atoms with Gasteiger partial charge in [0, 0.05) is 23.0 Å². The van der Waals surface area contributed by atoms with Gasteiger partial charge in [-0.1, -0.05) is 36.7 Å². The highest BCUT2D eigenvalue weighted by Crippen LogP contribution is 2.31. The van der Waals surface area contributed by atoms with Crippen molar-refractivity contribution in [2.75, 3.05) is 18.8 Å². The first-order valence-electron chi connectivity index (χ1n) is 6.86. The molecule has 110 valence electrons. The van der Waals surface area contributed by atoms with Gasteiger partial charge < -0.3 is 0 Å². The van der Waals surface area contributed by atoms with E-state index in [0.717, 1.165) is 29.8 Å². The topological polar surface area (TPSA) is 37.4 Å². The SMILES string of the molecule is C=CS(=O)(=O)CCN1CCCCC1c1cccc(Cl)c1. The van der Waals surface area contributed by atoms with Crippen molar-refractivity contribution in [2.24, 2.45) is 0 Å². The van der Waals surface area contributed by atoms with E-state index in [1.165, 1.54) is 12.0 Å². The van der Waals surface area contributed by atoms with Gasteiger partial charge in [-0.3, -0.25) is 4.90 Å². The summed E-state index contributed by atoms with van der Waals surface area (Å²) in [5.41, 5.74) is 1.17. The van der Waals surface area contributed by atoms with Crippen LogP contribution in [0.15, 0.2) is 36.3 Å². The molecule has 0 spiro atoms. The van der Waals surface area contributed by atoms with Crippen molar-refractivity contribution >= 4 is 21.4 Å². The zero-order valence-corrected chi connectivity index (χ0v) is 13.0. The first-order chi connectivity index (χ1) is 9.52. The summed E-state index contributed by atoms with van der Waals surface area (Å²) in [6.45, 7) is 4.84. The molecule has 1 fully saturated rings. The molecule has 1 atom stereocenters. The summed E-state index contributed by atoms with van der Waals surface area (Å²) in [6.07, 6.45) is 3.33. The van der Waals surface area contributed by atoms with Gasteiger partial charge in [-0.2, -0.15) is 0 Å². The van der Waals surface area contributed by atoms with Crippen molar-refractivity contribution < 1.29 is 8.42 Å². The summed E-state index contributed by atoms with van der Waals surface area (Å²) >= 11 is 6.06. The van der Waals surface area contributed by atoms with Gasteiger partial charge in [-0.15, -0.1) is 0 Å². The molecule has 1 aliphatic heterocycles. The molecule has 5 heteroatoms. The first-order valence-corrected chi connectivity index (χ1v) is 8.96. The Morgan fingerprint density at radius 3 is 2.90 bits per heavy atom. The molecule has 0 amide bonds. The third-order valence-corrected chi connectivity index (χ3v) is 5.26. The Hall–Kier alpha value is -0.840. The first kappa shape index (κ1) is 15.5. The monoisotopic (exact) mass is 313 g/mol. The standard InChI is InChI=1S/C15H20ClNO2S/c1-2-20(18,19)11-10-17-9-4-3-8-15(17)13-6-5-7-14(16)12-13/h2,5-7,12,15H,1,3-4,8-11H2. The van der Waals surface area contributed by atoms with Crippen molar-refractivity contribution in [2.45, 2.75) is 25.3 Å². The van der Waals surface area contributed by atoms with Gasteiger partial charge in [0.1, 0.15) is 0 Å². The molecule has 0 aliphatic carbocycles. The maximum atomic E-state index is 11.6. The summed E-state index contributed by atoms with van der Waals surface area (Å²) in [4.78, 5) is 2.25. The Morgan fingerprint density at radius 1 is 1.40 bits per heavy atom. The molecule has 1 aliphatic rings. The minimum absolute atomic E-state index is 0.133. The van der Waals surface area contributed by atoms with Gasteiger partial charge in [0.05, 0.1) is 5.75 Å². The molecular weight excluding hydrogens is 294 g/mol. The fourth-order valence-corrected chi connectivity index (χ4v) is 3.53. The summed E-state index contributed by atoms with van der Waals surface area (Å²) in [7, 11) is -3.14. The second kappa shape index (κ2) is 6.74. The van der Waals surface area contributed by atoms with E-state index in [2.05, 4.69) is 17.5 Å². The van der Waals surface area contributed by atoms with Crippen LogP contribution < -0.4 is 0 Å². The fourth-order valence-electron chi connectivity index (χ4n) is 2.68. The molecule has 0 radical (unpaired) electrons. The molecule has 0 bridgehead atoms. The van der Waals surface area contributed by atoms with E-state index in [9.17, 15) is 8.42 Å². The van der Waals surface area contributed by atoms with E-state index >= 15 is 0 Å². The van der Waals surface area contributed by atoms with E-state index in [1.807, 2.05) is 18.2 Å². The van der Waals surface area contributed by atoms with Gasteiger partial charge in [0.25, 0.3) is 0 Å². The molecule has 1 saturated heterocycles. The maximum absolute atomic E-state index is 11.6. The minimum Gasteiger partial charge on any atom is -0.295 e.